The number of methoxy groups -OCH3 is 1. The molecule has 1 aromatic carbocycles. The van der Waals surface area contributed by atoms with Gasteiger partial charge in [-0.25, -0.2) is 4.79 Å². The Balaban J connectivity index is 1.69. The van der Waals surface area contributed by atoms with E-state index in [1.54, 1.807) is 4.90 Å². The molecule has 1 heterocycles. The van der Waals surface area contributed by atoms with Gasteiger partial charge in [0.15, 0.2) is 0 Å². The van der Waals surface area contributed by atoms with E-state index in [0.717, 1.165) is 25.2 Å². The van der Waals surface area contributed by atoms with Crippen molar-refractivity contribution in [2.24, 2.45) is 0 Å². The van der Waals surface area contributed by atoms with Crippen LogP contribution < -0.4 is 5.32 Å². The lowest BCUT2D eigenvalue weighted by Crippen LogP contribution is -2.50. The maximum absolute atomic E-state index is 12.0. The number of hydrogen-bond donors (Lipinski definition) is 1. The third kappa shape index (κ3) is 4.46. The maximum Gasteiger partial charge on any atom is 0.409 e. The number of rotatable bonds is 4. The van der Waals surface area contributed by atoms with Gasteiger partial charge >= 0.3 is 6.09 Å². The van der Waals surface area contributed by atoms with Gasteiger partial charge in [0.2, 0.25) is 0 Å². The van der Waals surface area contributed by atoms with Crippen molar-refractivity contribution < 1.29 is 14.3 Å². The van der Waals surface area contributed by atoms with Gasteiger partial charge in [0.1, 0.15) is 0 Å². The summed E-state index contributed by atoms with van der Waals surface area (Å²) in [6, 6.07) is 7.55. The van der Waals surface area contributed by atoms with Crippen LogP contribution in [0.5, 0.6) is 0 Å². The monoisotopic (exact) mass is 305 g/mol. The normalized spacial score (nSPS) is 15.5. The predicted octanol–water partition coefficient (Wildman–Crippen LogP) is 1.11. The van der Waals surface area contributed by atoms with Gasteiger partial charge in [0.25, 0.3) is 5.91 Å². The molecule has 1 aromatic rings. The summed E-state index contributed by atoms with van der Waals surface area (Å²) in [5.74, 6) is -0.0445. The van der Waals surface area contributed by atoms with Gasteiger partial charge in [-0.3, -0.25) is 9.69 Å². The van der Waals surface area contributed by atoms with Gasteiger partial charge in [-0.2, -0.15) is 0 Å². The third-order valence-corrected chi connectivity index (χ3v) is 3.80. The molecule has 1 fully saturated rings. The lowest BCUT2D eigenvalue weighted by Gasteiger charge is -2.33. The number of aryl methyl sites for hydroxylation is 1. The second kappa shape index (κ2) is 7.79. The molecule has 6 nitrogen and oxygen atoms in total. The Morgan fingerprint density at radius 2 is 1.95 bits per heavy atom. The van der Waals surface area contributed by atoms with Crippen LogP contribution in [0.15, 0.2) is 24.3 Å². The van der Waals surface area contributed by atoms with E-state index >= 15 is 0 Å². The van der Waals surface area contributed by atoms with E-state index in [4.69, 9.17) is 4.74 Å². The Kier molecular flexibility index (Phi) is 5.77. The second-order valence-corrected chi connectivity index (χ2v) is 5.42. The molecule has 1 aliphatic heterocycles. The highest BCUT2D eigenvalue weighted by atomic mass is 16.5. The molecule has 0 aromatic heterocycles. The Labute approximate surface area is 131 Å². The number of carbonyl (C=O) groups excluding carboxylic acids is 2. The zero-order chi connectivity index (χ0) is 15.9. The summed E-state index contributed by atoms with van der Waals surface area (Å²) in [6.45, 7) is 6.29. The summed E-state index contributed by atoms with van der Waals surface area (Å²) in [7, 11) is 1.40. The minimum Gasteiger partial charge on any atom is -0.453 e. The van der Waals surface area contributed by atoms with Gasteiger partial charge in [0.05, 0.1) is 7.11 Å². The smallest absolute Gasteiger partial charge is 0.409 e. The Morgan fingerprint density at radius 3 is 2.59 bits per heavy atom. The number of amides is 2. The van der Waals surface area contributed by atoms with E-state index in [1.807, 2.05) is 31.2 Å². The summed E-state index contributed by atoms with van der Waals surface area (Å²) in [4.78, 5) is 27.3. The molecule has 22 heavy (non-hydrogen) atoms. The van der Waals surface area contributed by atoms with Gasteiger partial charge in [-0.15, -0.1) is 0 Å². The minimum atomic E-state index is -0.271. The average molecular weight is 305 g/mol. The molecule has 0 aliphatic carbocycles. The molecule has 0 unspecified atom stereocenters. The van der Waals surface area contributed by atoms with Crippen LogP contribution >= 0.6 is 0 Å². The highest BCUT2D eigenvalue weighted by Gasteiger charge is 2.21. The van der Waals surface area contributed by atoms with Crippen LogP contribution in [-0.2, 0) is 4.74 Å². The molecule has 0 spiro atoms. The highest BCUT2D eigenvalue weighted by molar-refractivity contribution is 5.94. The van der Waals surface area contributed by atoms with Crippen LogP contribution in [0.2, 0.25) is 0 Å². The maximum atomic E-state index is 12.0. The zero-order valence-electron chi connectivity index (χ0n) is 13.2. The summed E-state index contributed by atoms with van der Waals surface area (Å²) in [5.41, 5.74) is 1.77. The molecule has 0 radical (unpaired) electrons. The van der Waals surface area contributed by atoms with Crippen molar-refractivity contribution in [1.82, 2.24) is 15.1 Å². The fourth-order valence-corrected chi connectivity index (χ4v) is 2.50. The largest absolute Gasteiger partial charge is 0.453 e. The van der Waals surface area contributed by atoms with Crippen molar-refractivity contribution in [2.75, 3.05) is 46.4 Å². The summed E-state index contributed by atoms with van der Waals surface area (Å²) in [6.07, 6.45) is -0.271. The van der Waals surface area contributed by atoms with Crippen molar-refractivity contribution in [1.29, 1.82) is 0 Å². The first-order chi connectivity index (χ1) is 10.6. The Bertz CT molecular complexity index is 525. The van der Waals surface area contributed by atoms with Crippen molar-refractivity contribution in [3.63, 3.8) is 0 Å². The second-order valence-electron chi connectivity index (χ2n) is 5.42. The van der Waals surface area contributed by atoms with Crippen LogP contribution in [-0.4, -0.2) is 68.2 Å². The minimum absolute atomic E-state index is 0.0445. The van der Waals surface area contributed by atoms with Crippen LogP contribution in [0, 0.1) is 6.92 Å². The first kappa shape index (κ1) is 16.3. The zero-order valence-corrected chi connectivity index (χ0v) is 13.2. The van der Waals surface area contributed by atoms with E-state index < -0.39 is 0 Å². The van der Waals surface area contributed by atoms with E-state index in [-0.39, 0.29) is 12.0 Å². The number of piperazine rings is 1. The number of nitrogens with one attached hydrogen (secondary N) is 1. The number of ether oxygens (including phenoxy) is 1. The molecule has 1 N–H and O–H groups in total. The molecule has 1 saturated heterocycles. The predicted molar refractivity (Wildman–Crippen MR) is 83.9 cm³/mol. The van der Waals surface area contributed by atoms with E-state index in [1.165, 1.54) is 7.11 Å². The summed E-state index contributed by atoms with van der Waals surface area (Å²) >= 11 is 0. The molecule has 1 aliphatic rings. The first-order valence-corrected chi connectivity index (χ1v) is 7.50. The molecule has 2 rings (SSSR count). The number of benzene rings is 1. The van der Waals surface area contributed by atoms with E-state index in [2.05, 4.69) is 10.2 Å². The van der Waals surface area contributed by atoms with Crippen LogP contribution in [0.4, 0.5) is 4.79 Å². The van der Waals surface area contributed by atoms with Gasteiger partial charge < -0.3 is 15.0 Å². The average Bonchev–Trinajstić information content (AvgIpc) is 2.54. The summed E-state index contributed by atoms with van der Waals surface area (Å²) < 4.78 is 4.71. The standard InChI is InChI=1S/C16H23N3O3/c1-13-4-3-5-14(12-13)15(20)17-6-7-18-8-10-19(11-9-18)16(21)22-2/h3-5,12H,6-11H2,1-2H3,(H,17,20). The van der Waals surface area contributed by atoms with Gasteiger partial charge in [0, 0.05) is 44.8 Å². The quantitative estimate of drug-likeness (QED) is 0.905. The van der Waals surface area contributed by atoms with Crippen LogP contribution in [0.25, 0.3) is 0 Å². The molecular weight excluding hydrogens is 282 g/mol. The highest BCUT2D eigenvalue weighted by Crippen LogP contribution is 2.04. The number of carbonyl (C=O) groups is 2. The lowest BCUT2D eigenvalue weighted by molar-refractivity contribution is 0.0885. The number of nitrogens with zero attached hydrogens (tertiary/aromatic N) is 2. The molecule has 2 amide bonds. The SMILES string of the molecule is COC(=O)N1CCN(CCNC(=O)c2cccc(C)c2)CC1. The molecule has 0 saturated carbocycles. The molecule has 120 valence electrons. The molecule has 0 atom stereocenters. The topological polar surface area (TPSA) is 61.9 Å². The fourth-order valence-electron chi connectivity index (χ4n) is 2.50. The first-order valence-electron chi connectivity index (χ1n) is 7.50. The number of hydrogen-bond acceptors (Lipinski definition) is 4. The fraction of sp³-hybridized carbons (Fsp3) is 0.500. The van der Waals surface area contributed by atoms with Gasteiger partial charge in [-0.05, 0) is 19.1 Å². The van der Waals surface area contributed by atoms with Crippen molar-refractivity contribution in [3.05, 3.63) is 35.4 Å². The van der Waals surface area contributed by atoms with Crippen LogP contribution in [0.3, 0.4) is 0 Å². The third-order valence-electron chi connectivity index (χ3n) is 3.80. The van der Waals surface area contributed by atoms with Gasteiger partial charge in [-0.1, -0.05) is 17.7 Å². The lowest BCUT2D eigenvalue weighted by atomic mass is 10.1. The van der Waals surface area contributed by atoms with Crippen molar-refractivity contribution >= 4 is 12.0 Å². The Hall–Kier alpha value is -2.08. The molecular formula is C16H23N3O3. The van der Waals surface area contributed by atoms with Crippen LogP contribution in [0.1, 0.15) is 15.9 Å². The molecule has 6 heteroatoms. The van der Waals surface area contributed by atoms with Crippen molar-refractivity contribution in [3.8, 4) is 0 Å². The van der Waals surface area contributed by atoms with E-state index in [9.17, 15) is 9.59 Å². The Morgan fingerprint density at radius 1 is 1.23 bits per heavy atom. The van der Waals surface area contributed by atoms with Crippen molar-refractivity contribution in [2.45, 2.75) is 6.92 Å². The summed E-state index contributed by atoms with van der Waals surface area (Å²) in [5, 5.41) is 2.93. The van der Waals surface area contributed by atoms with E-state index in [0.29, 0.717) is 25.2 Å². The molecule has 0 bridgehead atoms.